The van der Waals surface area contributed by atoms with Crippen LogP contribution in [0.25, 0.3) is 0 Å². The summed E-state index contributed by atoms with van der Waals surface area (Å²) >= 11 is 0. The number of nitrogens with one attached hydrogen (secondary N) is 3. The monoisotopic (exact) mass is 433 g/mol. The van der Waals surface area contributed by atoms with Gasteiger partial charge >= 0.3 is 18.2 Å². The number of aryl methyl sites for hydroxylation is 2. The number of urea groups is 1. The predicted octanol–water partition coefficient (Wildman–Crippen LogP) is 4.22. The van der Waals surface area contributed by atoms with Gasteiger partial charge in [-0.2, -0.15) is 13.2 Å². The van der Waals surface area contributed by atoms with Crippen LogP contribution >= 0.6 is 0 Å². The number of alkyl halides is 3. The standard InChI is InChI=1S/C22H22F3N3O3/c1-12-4-5-13(2)16(10-12)19-18(20(29)31-3)17(27-21(30)28-19)11-26-15-8-6-14(7-9-15)22(23,24)25/h4-10,19,26H,11H2,1-3H3,(H2,27,28,30)/t19-/m0/s1. The number of methoxy groups -OCH3 is 1. The number of hydrogen-bond donors (Lipinski definition) is 3. The SMILES string of the molecule is COC(=O)C1=C(CNc2ccc(C(F)(F)F)cc2)NC(=O)N[C@H]1c1cc(C)ccc1C. The Morgan fingerprint density at radius 1 is 1.13 bits per heavy atom. The highest BCUT2D eigenvalue weighted by atomic mass is 19.4. The van der Waals surface area contributed by atoms with E-state index < -0.39 is 29.8 Å². The molecule has 0 bridgehead atoms. The van der Waals surface area contributed by atoms with Crippen LogP contribution in [0, 0.1) is 13.8 Å². The summed E-state index contributed by atoms with van der Waals surface area (Å²) in [5.41, 5.74) is 2.73. The Morgan fingerprint density at radius 2 is 1.81 bits per heavy atom. The number of benzene rings is 2. The summed E-state index contributed by atoms with van der Waals surface area (Å²) in [5.74, 6) is -0.623. The summed E-state index contributed by atoms with van der Waals surface area (Å²) in [6.45, 7) is 3.78. The second kappa shape index (κ2) is 8.71. The van der Waals surface area contributed by atoms with Gasteiger partial charge in [0.25, 0.3) is 0 Å². The molecule has 0 aromatic heterocycles. The zero-order chi connectivity index (χ0) is 22.8. The van der Waals surface area contributed by atoms with Gasteiger partial charge in [0.05, 0.1) is 36.5 Å². The lowest BCUT2D eigenvalue weighted by Gasteiger charge is -2.30. The summed E-state index contributed by atoms with van der Waals surface area (Å²) in [6, 6.07) is 8.96. The molecule has 1 heterocycles. The fourth-order valence-corrected chi connectivity index (χ4v) is 3.38. The first-order valence-electron chi connectivity index (χ1n) is 9.47. The third-order valence-electron chi connectivity index (χ3n) is 4.99. The zero-order valence-electron chi connectivity index (χ0n) is 17.2. The van der Waals surface area contributed by atoms with E-state index in [0.29, 0.717) is 5.69 Å². The van der Waals surface area contributed by atoms with E-state index in [4.69, 9.17) is 4.74 Å². The summed E-state index contributed by atoms with van der Waals surface area (Å²) < 4.78 is 43.2. The molecular formula is C22H22F3N3O3. The van der Waals surface area contributed by atoms with Crippen LogP contribution in [0.1, 0.15) is 28.3 Å². The molecule has 0 fully saturated rings. The van der Waals surface area contributed by atoms with E-state index in [1.54, 1.807) is 0 Å². The first-order chi connectivity index (χ1) is 14.6. The van der Waals surface area contributed by atoms with Crippen LogP contribution in [-0.4, -0.2) is 25.7 Å². The second-order valence-electron chi connectivity index (χ2n) is 7.20. The Morgan fingerprint density at radius 3 is 2.42 bits per heavy atom. The lowest BCUT2D eigenvalue weighted by atomic mass is 9.91. The predicted molar refractivity (Wildman–Crippen MR) is 109 cm³/mol. The van der Waals surface area contributed by atoms with E-state index >= 15 is 0 Å². The Balaban J connectivity index is 1.94. The molecule has 0 saturated heterocycles. The van der Waals surface area contributed by atoms with Crippen molar-refractivity contribution < 1.29 is 27.5 Å². The molecule has 2 amide bonds. The van der Waals surface area contributed by atoms with E-state index in [1.165, 1.54) is 19.2 Å². The number of amides is 2. The van der Waals surface area contributed by atoms with Crippen molar-refractivity contribution in [1.82, 2.24) is 10.6 Å². The van der Waals surface area contributed by atoms with E-state index in [0.717, 1.165) is 28.8 Å². The van der Waals surface area contributed by atoms with Gasteiger partial charge in [0.1, 0.15) is 0 Å². The second-order valence-corrected chi connectivity index (χ2v) is 7.20. The van der Waals surface area contributed by atoms with Crippen LogP contribution in [0.15, 0.2) is 53.7 Å². The highest BCUT2D eigenvalue weighted by molar-refractivity contribution is 5.95. The average molecular weight is 433 g/mol. The van der Waals surface area contributed by atoms with E-state index in [9.17, 15) is 22.8 Å². The fraction of sp³-hybridized carbons (Fsp3) is 0.273. The quantitative estimate of drug-likeness (QED) is 0.617. The number of carbonyl (C=O) groups is 2. The molecule has 31 heavy (non-hydrogen) atoms. The van der Waals surface area contributed by atoms with Crippen molar-refractivity contribution in [3.63, 3.8) is 0 Å². The van der Waals surface area contributed by atoms with Crippen LogP contribution in [0.5, 0.6) is 0 Å². The topological polar surface area (TPSA) is 79.5 Å². The maximum atomic E-state index is 12.7. The number of hydrogen-bond acceptors (Lipinski definition) is 4. The van der Waals surface area contributed by atoms with Crippen molar-refractivity contribution in [1.29, 1.82) is 0 Å². The maximum absolute atomic E-state index is 12.7. The van der Waals surface area contributed by atoms with Gasteiger partial charge in [-0.3, -0.25) is 0 Å². The molecule has 9 heteroatoms. The Bertz CT molecular complexity index is 1030. The smallest absolute Gasteiger partial charge is 0.416 e. The molecule has 0 radical (unpaired) electrons. The van der Waals surface area contributed by atoms with Crippen LogP contribution in [-0.2, 0) is 15.7 Å². The summed E-state index contributed by atoms with van der Waals surface area (Å²) in [4.78, 5) is 24.9. The summed E-state index contributed by atoms with van der Waals surface area (Å²) in [6.07, 6.45) is -4.43. The molecule has 1 aliphatic rings. The first kappa shape index (κ1) is 22.2. The Kier molecular flexibility index (Phi) is 6.24. The summed E-state index contributed by atoms with van der Waals surface area (Å²) in [5, 5.41) is 8.31. The molecule has 0 aliphatic carbocycles. The van der Waals surface area contributed by atoms with Crippen molar-refractivity contribution in [2.45, 2.75) is 26.1 Å². The lowest BCUT2D eigenvalue weighted by molar-refractivity contribution is -0.138. The van der Waals surface area contributed by atoms with Gasteiger partial charge in [-0.15, -0.1) is 0 Å². The van der Waals surface area contributed by atoms with E-state index in [-0.39, 0.29) is 17.8 Å². The molecule has 164 valence electrons. The van der Waals surface area contributed by atoms with Gasteiger partial charge < -0.3 is 20.7 Å². The Hall–Kier alpha value is -3.49. The number of ether oxygens (including phenoxy) is 1. The highest BCUT2D eigenvalue weighted by Gasteiger charge is 2.34. The van der Waals surface area contributed by atoms with Crippen LogP contribution in [0.2, 0.25) is 0 Å². The molecule has 3 N–H and O–H groups in total. The van der Waals surface area contributed by atoms with Crippen molar-refractivity contribution >= 4 is 17.7 Å². The van der Waals surface area contributed by atoms with Crippen LogP contribution in [0.4, 0.5) is 23.7 Å². The molecule has 1 atom stereocenters. The number of esters is 1. The van der Waals surface area contributed by atoms with Crippen molar-refractivity contribution in [2.75, 3.05) is 19.0 Å². The molecule has 0 spiro atoms. The van der Waals surface area contributed by atoms with Gasteiger partial charge in [0, 0.05) is 5.69 Å². The van der Waals surface area contributed by atoms with Gasteiger partial charge in [-0.25, -0.2) is 9.59 Å². The molecule has 2 aromatic carbocycles. The number of anilines is 1. The molecule has 3 rings (SSSR count). The molecule has 2 aromatic rings. The van der Waals surface area contributed by atoms with Crippen LogP contribution in [0.3, 0.4) is 0 Å². The number of rotatable bonds is 5. The lowest BCUT2D eigenvalue weighted by Crippen LogP contribution is -2.47. The van der Waals surface area contributed by atoms with E-state index in [1.807, 2.05) is 32.0 Å². The minimum absolute atomic E-state index is 0.00454. The first-order valence-corrected chi connectivity index (χ1v) is 9.47. The van der Waals surface area contributed by atoms with Gasteiger partial charge in [-0.1, -0.05) is 23.8 Å². The van der Waals surface area contributed by atoms with Crippen molar-refractivity contribution in [3.8, 4) is 0 Å². The van der Waals surface area contributed by atoms with Gasteiger partial charge in [0.2, 0.25) is 0 Å². The van der Waals surface area contributed by atoms with Gasteiger partial charge in [0.15, 0.2) is 0 Å². The average Bonchev–Trinajstić information content (AvgIpc) is 2.72. The molecule has 0 saturated carbocycles. The van der Waals surface area contributed by atoms with Crippen LogP contribution < -0.4 is 16.0 Å². The number of carbonyl (C=O) groups excluding carboxylic acids is 2. The molecule has 0 unspecified atom stereocenters. The highest BCUT2D eigenvalue weighted by Crippen LogP contribution is 2.32. The zero-order valence-corrected chi connectivity index (χ0v) is 17.2. The molecular weight excluding hydrogens is 411 g/mol. The van der Waals surface area contributed by atoms with Crippen molar-refractivity contribution in [2.24, 2.45) is 0 Å². The minimum atomic E-state index is -4.43. The van der Waals surface area contributed by atoms with Gasteiger partial charge in [-0.05, 0) is 49.2 Å². The third-order valence-corrected chi connectivity index (χ3v) is 4.99. The fourth-order valence-electron chi connectivity index (χ4n) is 3.38. The molecule has 6 nitrogen and oxygen atoms in total. The number of halogens is 3. The van der Waals surface area contributed by atoms with Crippen molar-refractivity contribution in [3.05, 3.63) is 76.0 Å². The maximum Gasteiger partial charge on any atom is 0.416 e. The summed E-state index contributed by atoms with van der Waals surface area (Å²) in [7, 11) is 1.24. The minimum Gasteiger partial charge on any atom is -0.466 e. The molecule has 1 aliphatic heterocycles. The largest absolute Gasteiger partial charge is 0.466 e. The Labute approximate surface area is 177 Å². The van der Waals surface area contributed by atoms with E-state index in [2.05, 4.69) is 16.0 Å². The third kappa shape index (κ3) is 4.99. The normalized spacial score (nSPS) is 16.5.